The van der Waals surface area contributed by atoms with Gasteiger partial charge in [-0.3, -0.25) is 4.90 Å². The lowest BCUT2D eigenvalue weighted by Crippen LogP contribution is -2.57. The molecule has 2 rings (SSSR count). The summed E-state index contributed by atoms with van der Waals surface area (Å²) in [5.41, 5.74) is 0.240. The quantitative estimate of drug-likeness (QED) is 0.838. The molecule has 0 aromatic heterocycles. The lowest BCUT2D eigenvalue weighted by molar-refractivity contribution is -0.0106. The second-order valence-corrected chi connectivity index (χ2v) is 7.53. The third kappa shape index (κ3) is 4.35. The van der Waals surface area contributed by atoms with Crippen molar-refractivity contribution < 1.29 is 4.74 Å². The standard InChI is InChI=1S/C15H30N2OS/c1-15(2,17-8-10-18-11-9-17)12-16-13-6-4-5-7-14(13)19-3/h13-14,16H,4-12H2,1-3H3. The van der Waals surface area contributed by atoms with Gasteiger partial charge in [0.1, 0.15) is 0 Å². The number of morpholine rings is 1. The van der Waals surface area contributed by atoms with E-state index in [1.54, 1.807) is 0 Å². The fourth-order valence-electron chi connectivity index (χ4n) is 3.27. The van der Waals surface area contributed by atoms with Crippen molar-refractivity contribution in [2.45, 2.75) is 56.4 Å². The van der Waals surface area contributed by atoms with Crippen molar-refractivity contribution in [2.75, 3.05) is 39.1 Å². The summed E-state index contributed by atoms with van der Waals surface area (Å²) < 4.78 is 5.46. The fourth-order valence-corrected chi connectivity index (χ4v) is 4.24. The Morgan fingerprint density at radius 1 is 1.21 bits per heavy atom. The van der Waals surface area contributed by atoms with Crippen LogP contribution in [0.2, 0.25) is 0 Å². The lowest BCUT2D eigenvalue weighted by atomic mass is 9.93. The summed E-state index contributed by atoms with van der Waals surface area (Å²) in [6, 6.07) is 0.712. The first-order chi connectivity index (χ1) is 9.13. The van der Waals surface area contributed by atoms with Crippen molar-refractivity contribution >= 4 is 11.8 Å². The highest BCUT2D eigenvalue weighted by Crippen LogP contribution is 2.27. The molecule has 112 valence electrons. The molecule has 1 aliphatic heterocycles. The molecule has 1 saturated carbocycles. The maximum atomic E-state index is 5.46. The molecule has 3 nitrogen and oxygen atoms in total. The van der Waals surface area contributed by atoms with Gasteiger partial charge in [-0.2, -0.15) is 11.8 Å². The van der Waals surface area contributed by atoms with Gasteiger partial charge in [-0.05, 0) is 32.9 Å². The average molecular weight is 286 g/mol. The smallest absolute Gasteiger partial charge is 0.0594 e. The minimum absolute atomic E-state index is 0.240. The molecule has 19 heavy (non-hydrogen) atoms. The van der Waals surface area contributed by atoms with E-state index in [9.17, 15) is 0 Å². The van der Waals surface area contributed by atoms with Gasteiger partial charge in [0.15, 0.2) is 0 Å². The topological polar surface area (TPSA) is 24.5 Å². The third-order valence-electron chi connectivity index (χ3n) is 4.67. The van der Waals surface area contributed by atoms with E-state index in [0.29, 0.717) is 6.04 Å². The molecule has 0 aromatic carbocycles. The normalized spacial score (nSPS) is 30.5. The van der Waals surface area contributed by atoms with Crippen LogP contribution in [0.15, 0.2) is 0 Å². The Morgan fingerprint density at radius 2 is 1.89 bits per heavy atom. The molecular formula is C15H30N2OS. The molecule has 2 atom stereocenters. The Labute approximate surface area is 122 Å². The minimum atomic E-state index is 0.240. The van der Waals surface area contributed by atoms with Gasteiger partial charge in [-0.1, -0.05) is 12.8 Å². The summed E-state index contributed by atoms with van der Waals surface area (Å²) in [5, 5.41) is 4.67. The number of hydrogen-bond donors (Lipinski definition) is 1. The second kappa shape index (κ2) is 7.30. The van der Waals surface area contributed by atoms with Gasteiger partial charge in [0.25, 0.3) is 0 Å². The zero-order valence-electron chi connectivity index (χ0n) is 12.8. The van der Waals surface area contributed by atoms with Gasteiger partial charge >= 0.3 is 0 Å². The summed E-state index contributed by atoms with van der Waals surface area (Å²) in [6.07, 6.45) is 7.81. The number of rotatable bonds is 5. The van der Waals surface area contributed by atoms with Crippen molar-refractivity contribution in [3.05, 3.63) is 0 Å². The first kappa shape index (κ1) is 15.6. The predicted molar refractivity (Wildman–Crippen MR) is 84.0 cm³/mol. The van der Waals surface area contributed by atoms with Crippen LogP contribution in [0.5, 0.6) is 0 Å². The first-order valence-corrected chi connectivity index (χ1v) is 9.01. The van der Waals surface area contributed by atoms with Crippen LogP contribution in [0, 0.1) is 0 Å². The van der Waals surface area contributed by atoms with Crippen molar-refractivity contribution in [2.24, 2.45) is 0 Å². The van der Waals surface area contributed by atoms with E-state index >= 15 is 0 Å². The Morgan fingerprint density at radius 3 is 2.58 bits per heavy atom. The van der Waals surface area contributed by atoms with E-state index < -0.39 is 0 Å². The van der Waals surface area contributed by atoms with Crippen LogP contribution >= 0.6 is 11.8 Å². The number of hydrogen-bond acceptors (Lipinski definition) is 4. The Bertz CT molecular complexity index is 267. The van der Waals surface area contributed by atoms with E-state index in [2.05, 4.69) is 30.3 Å². The molecule has 1 aliphatic carbocycles. The van der Waals surface area contributed by atoms with Crippen LogP contribution in [0.25, 0.3) is 0 Å². The van der Waals surface area contributed by atoms with Crippen LogP contribution in [0.4, 0.5) is 0 Å². The van der Waals surface area contributed by atoms with Gasteiger partial charge < -0.3 is 10.1 Å². The van der Waals surface area contributed by atoms with Crippen LogP contribution in [-0.2, 0) is 4.74 Å². The molecule has 1 N–H and O–H groups in total. The molecule has 0 aromatic rings. The summed E-state index contributed by atoms with van der Waals surface area (Å²) in [6.45, 7) is 9.75. The van der Waals surface area contributed by atoms with Gasteiger partial charge in [0, 0.05) is 36.5 Å². The molecular weight excluding hydrogens is 256 g/mol. The van der Waals surface area contributed by atoms with Crippen LogP contribution in [0.3, 0.4) is 0 Å². The Kier molecular flexibility index (Phi) is 6.00. The van der Waals surface area contributed by atoms with Gasteiger partial charge in [-0.25, -0.2) is 0 Å². The second-order valence-electron chi connectivity index (χ2n) is 6.46. The maximum absolute atomic E-state index is 5.46. The average Bonchev–Trinajstić information content (AvgIpc) is 2.46. The van der Waals surface area contributed by atoms with E-state index in [1.807, 2.05) is 11.8 Å². The third-order valence-corrected chi connectivity index (χ3v) is 5.84. The van der Waals surface area contributed by atoms with Gasteiger partial charge in [0.05, 0.1) is 13.2 Å². The van der Waals surface area contributed by atoms with E-state index in [1.165, 1.54) is 25.7 Å². The van der Waals surface area contributed by atoms with Crippen molar-refractivity contribution in [3.63, 3.8) is 0 Å². The van der Waals surface area contributed by atoms with Crippen molar-refractivity contribution in [1.29, 1.82) is 0 Å². The van der Waals surface area contributed by atoms with Gasteiger partial charge in [-0.15, -0.1) is 0 Å². The van der Waals surface area contributed by atoms with Crippen LogP contribution in [-0.4, -0.2) is 60.8 Å². The molecule has 0 radical (unpaired) electrons. The number of nitrogens with one attached hydrogen (secondary N) is 1. The summed E-state index contributed by atoms with van der Waals surface area (Å²) in [7, 11) is 0. The summed E-state index contributed by atoms with van der Waals surface area (Å²) >= 11 is 2.04. The van der Waals surface area contributed by atoms with Crippen molar-refractivity contribution in [1.82, 2.24) is 10.2 Å². The number of ether oxygens (including phenoxy) is 1. The van der Waals surface area contributed by atoms with E-state index in [-0.39, 0.29) is 5.54 Å². The molecule has 4 heteroatoms. The Hall–Kier alpha value is 0.230. The summed E-state index contributed by atoms with van der Waals surface area (Å²) in [5.74, 6) is 0. The molecule has 2 aliphatic rings. The monoisotopic (exact) mass is 286 g/mol. The number of nitrogens with zero attached hydrogens (tertiary/aromatic N) is 1. The maximum Gasteiger partial charge on any atom is 0.0594 e. The molecule has 2 fully saturated rings. The van der Waals surface area contributed by atoms with Crippen LogP contribution < -0.4 is 5.32 Å². The molecule has 0 spiro atoms. The highest BCUT2D eigenvalue weighted by molar-refractivity contribution is 7.99. The molecule has 1 saturated heterocycles. The predicted octanol–water partition coefficient (Wildman–Crippen LogP) is 2.36. The molecule has 2 unspecified atom stereocenters. The highest BCUT2D eigenvalue weighted by Gasteiger charge is 2.31. The number of thioether (sulfide) groups is 1. The lowest BCUT2D eigenvalue weighted by Gasteiger charge is -2.42. The summed E-state index contributed by atoms with van der Waals surface area (Å²) in [4.78, 5) is 2.57. The van der Waals surface area contributed by atoms with Crippen LogP contribution in [0.1, 0.15) is 39.5 Å². The largest absolute Gasteiger partial charge is 0.379 e. The van der Waals surface area contributed by atoms with Crippen molar-refractivity contribution in [3.8, 4) is 0 Å². The first-order valence-electron chi connectivity index (χ1n) is 7.72. The Balaban J connectivity index is 1.81. The van der Waals surface area contributed by atoms with E-state index in [0.717, 1.165) is 38.1 Å². The zero-order valence-corrected chi connectivity index (χ0v) is 13.6. The highest BCUT2D eigenvalue weighted by atomic mass is 32.2. The molecule has 0 bridgehead atoms. The molecule has 1 heterocycles. The fraction of sp³-hybridized carbons (Fsp3) is 1.00. The van der Waals surface area contributed by atoms with Gasteiger partial charge in [0.2, 0.25) is 0 Å². The van der Waals surface area contributed by atoms with E-state index in [4.69, 9.17) is 4.74 Å². The molecule has 0 amide bonds. The zero-order chi connectivity index (χ0) is 13.7. The minimum Gasteiger partial charge on any atom is -0.379 e. The SMILES string of the molecule is CSC1CCCCC1NCC(C)(C)N1CCOCC1.